The van der Waals surface area contributed by atoms with Crippen molar-refractivity contribution in [3.63, 3.8) is 0 Å². The van der Waals surface area contributed by atoms with Crippen LogP contribution in [0.5, 0.6) is 0 Å². The Morgan fingerprint density at radius 1 is 1.60 bits per heavy atom. The number of rotatable bonds is 3. The molecule has 2 unspecified atom stereocenters. The van der Waals surface area contributed by atoms with E-state index in [2.05, 4.69) is 10.0 Å². The molecule has 0 aromatic heterocycles. The first-order chi connectivity index (χ1) is 6.94. The number of hydroxylamine groups is 2. The minimum absolute atomic E-state index is 0.0767. The van der Waals surface area contributed by atoms with Crippen molar-refractivity contribution in [2.45, 2.75) is 25.0 Å². The lowest BCUT2D eigenvalue weighted by Crippen LogP contribution is -3.16. The van der Waals surface area contributed by atoms with Crippen LogP contribution >= 0.6 is 0 Å². The van der Waals surface area contributed by atoms with Crippen LogP contribution in [-0.2, 0) is 0 Å². The average molecular weight is 210 g/mol. The number of allylic oxidation sites excluding steroid dienone is 2. The number of hydrogen-bond donors (Lipinski definition) is 2. The number of hydrogen-bond acceptors (Lipinski definition) is 3. The van der Waals surface area contributed by atoms with E-state index in [0.29, 0.717) is 0 Å². The maximum absolute atomic E-state index is 11.8. The zero-order chi connectivity index (χ0) is 11.5. The highest BCUT2D eigenvalue weighted by Gasteiger charge is 2.47. The Labute approximate surface area is 87.7 Å². The maximum atomic E-state index is 11.8. The summed E-state index contributed by atoms with van der Waals surface area (Å²) in [5, 5.41) is 24.9. The van der Waals surface area contributed by atoms with Gasteiger partial charge in [-0.2, -0.15) is 0 Å². The van der Waals surface area contributed by atoms with Crippen LogP contribution in [-0.4, -0.2) is 22.8 Å². The fraction of sp³-hybridized carbons (Fsp3) is 0.556. The third-order valence-electron chi connectivity index (χ3n) is 2.65. The normalized spacial score (nSPS) is 30.0. The van der Waals surface area contributed by atoms with Crippen molar-refractivity contribution in [1.29, 1.82) is 0 Å². The molecular weight excluding hydrogens is 196 g/mol. The van der Waals surface area contributed by atoms with Gasteiger partial charge < -0.3 is 15.4 Å². The molecule has 1 aliphatic rings. The average Bonchev–Trinajstić information content (AvgIpc) is 2.15. The van der Waals surface area contributed by atoms with Crippen molar-refractivity contribution in [1.82, 2.24) is 0 Å². The summed E-state index contributed by atoms with van der Waals surface area (Å²) < 4.78 is 0. The molecule has 6 heteroatoms. The molecule has 15 heavy (non-hydrogen) atoms. The lowest BCUT2D eigenvalue weighted by molar-refractivity contribution is -0.853. The molecule has 6 nitrogen and oxygen atoms in total. The molecule has 2 atom stereocenters. The summed E-state index contributed by atoms with van der Waals surface area (Å²) in [5.41, 5.74) is 5.88. The van der Waals surface area contributed by atoms with Crippen molar-refractivity contribution in [2.24, 2.45) is 5.11 Å². The number of nitrogens with one attached hydrogen (secondary N) is 1. The second-order valence-electron chi connectivity index (χ2n) is 4.00. The zero-order valence-corrected chi connectivity index (χ0v) is 8.71. The summed E-state index contributed by atoms with van der Waals surface area (Å²) in [6.45, 7) is 2.98. The van der Waals surface area contributed by atoms with E-state index in [9.17, 15) is 10.3 Å². The van der Waals surface area contributed by atoms with Crippen molar-refractivity contribution >= 4 is 0 Å². The first kappa shape index (κ1) is 11.7. The van der Waals surface area contributed by atoms with Crippen LogP contribution in [0.3, 0.4) is 0 Å². The Morgan fingerprint density at radius 2 is 2.27 bits per heavy atom. The smallest absolute Gasteiger partial charge is 0.154 e. The van der Waals surface area contributed by atoms with Crippen LogP contribution in [0, 0.1) is 5.21 Å². The van der Waals surface area contributed by atoms with Gasteiger partial charge in [-0.1, -0.05) is 11.2 Å². The number of nitrogens with zero attached hydrogens (tertiary/aromatic N) is 3. The van der Waals surface area contributed by atoms with Crippen LogP contribution in [0.25, 0.3) is 10.4 Å². The Kier molecular flexibility index (Phi) is 3.16. The molecule has 0 fully saturated rings. The van der Waals surface area contributed by atoms with E-state index < -0.39 is 11.1 Å². The van der Waals surface area contributed by atoms with E-state index in [0.717, 1.165) is 0 Å². The van der Waals surface area contributed by atoms with E-state index in [4.69, 9.17) is 5.53 Å². The molecule has 82 valence electrons. The van der Waals surface area contributed by atoms with Gasteiger partial charge in [0.05, 0.1) is 12.7 Å². The fourth-order valence-corrected chi connectivity index (χ4v) is 1.57. The van der Waals surface area contributed by atoms with Crippen molar-refractivity contribution in [2.75, 3.05) is 6.54 Å². The quantitative estimate of drug-likeness (QED) is 0.302. The molecule has 0 spiro atoms. The molecule has 0 aromatic carbocycles. The summed E-state index contributed by atoms with van der Waals surface area (Å²) in [6, 6.07) is 0. The Bertz CT molecular complexity index is 339. The monoisotopic (exact) mass is 210 g/mol. The van der Waals surface area contributed by atoms with Crippen LogP contribution in [0.1, 0.15) is 13.8 Å². The second-order valence-corrected chi connectivity index (χ2v) is 4.00. The summed E-state index contributed by atoms with van der Waals surface area (Å²) in [7, 11) is 0. The first-order valence-electron chi connectivity index (χ1n) is 4.57. The van der Waals surface area contributed by atoms with E-state index in [1.807, 2.05) is 0 Å². The Morgan fingerprint density at radius 3 is 2.73 bits per heavy atom. The van der Waals surface area contributed by atoms with Gasteiger partial charge >= 0.3 is 0 Å². The molecule has 0 aliphatic carbocycles. The van der Waals surface area contributed by atoms with Gasteiger partial charge in [0.2, 0.25) is 0 Å². The van der Waals surface area contributed by atoms with Gasteiger partial charge in [0.1, 0.15) is 5.60 Å². The minimum Gasteiger partial charge on any atom is -0.629 e. The van der Waals surface area contributed by atoms with E-state index in [-0.39, 0.29) is 11.6 Å². The number of azide groups is 1. The summed E-state index contributed by atoms with van der Waals surface area (Å²) in [4.78, 5) is 2.63. The van der Waals surface area contributed by atoms with Gasteiger partial charge in [0.25, 0.3) is 0 Å². The largest absolute Gasteiger partial charge is 0.629 e. The Balaban J connectivity index is 3.12. The lowest BCUT2D eigenvalue weighted by atomic mass is 9.80. The van der Waals surface area contributed by atoms with Crippen molar-refractivity contribution < 1.29 is 10.2 Å². The fourth-order valence-electron chi connectivity index (χ4n) is 1.57. The highest BCUT2D eigenvalue weighted by Crippen LogP contribution is 2.22. The van der Waals surface area contributed by atoms with Crippen LogP contribution in [0.2, 0.25) is 0 Å². The summed E-state index contributed by atoms with van der Waals surface area (Å²) in [6.07, 6.45) is 6.24. The lowest BCUT2D eigenvalue weighted by Gasteiger charge is -2.46. The second kappa shape index (κ2) is 4.04. The van der Waals surface area contributed by atoms with E-state index in [1.54, 1.807) is 18.2 Å². The van der Waals surface area contributed by atoms with Gasteiger partial charge in [-0.15, -0.1) is 0 Å². The number of quaternary nitrogens is 1. The molecule has 2 N–H and O–H groups in total. The van der Waals surface area contributed by atoms with Gasteiger partial charge in [-0.25, -0.2) is 0 Å². The van der Waals surface area contributed by atoms with Gasteiger partial charge in [0, 0.05) is 4.91 Å². The van der Waals surface area contributed by atoms with Gasteiger partial charge in [-0.3, -0.25) is 0 Å². The minimum atomic E-state index is -1.26. The molecule has 0 radical (unpaired) electrons. The third kappa shape index (κ3) is 2.03. The van der Waals surface area contributed by atoms with E-state index in [1.165, 1.54) is 20.0 Å². The van der Waals surface area contributed by atoms with Crippen LogP contribution in [0.4, 0.5) is 0 Å². The molecule has 0 bridgehead atoms. The zero-order valence-electron chi connectivity index (χ0n) is 8.71. The van der Waals surface area contributed by atoms with E-state index >= 15 is 0 Å². The molecule has 1 aliphatic heterocycles. The van der Waals surface area contributed by atoms with Gasteiger partial charge in [0.15, 0.2) is 5.54 Å². The van der Waals surface area contributed by atoms with Crippen molar-refractivity contribution in [3.8, 4) is 0 Å². The highest BCUT2D eigenvalue weighted by atomic mass is 16.5. The first-order valence-corrected chi connectivity index (χ1v) is 4.57. The molecule has 1 rings (SSSR count). The van der Waals surface area contributed by atoms with Crippen molar-refractivity contribution in [3.05, 3.63) is 40.1 Å². The summed E-state index contributed by atoms with van der Waals surface area (Å²) >= 11 is 0. The summed E-state index contributed by atoms with van der Waals surface area (Å²) in [5.74, 6) is 0. The predicted molar refractivity (Wildman–Crippen MR) is 55.7 cm³/mol. The Hall–Kier alpha value is -1.33. The molecule has 0 saturated heterocycles. The van der Waals surface area contributed by atoms with Gasteiger partial charge in [-0.05, 0) is 31.5 Å². The third-order valence-corrected chi connectivity index (χ3v) is 2.65. The molecule has 0 amide bonds. The topological polar surface area (TPSA) is 96.5 Å². The maximum Gasteiger partial charge on any atom is 0.154 e. The molecule has 1 heterocycles. The van der Waals surface area contributed by atoms with Crippen LogP contribution < -0.4 is 5.06 Å². The molecule has 0 saturated carbocycles. The highest BCUT2D eigenvalue weighted by molar-refractivity contribution is 5.19. The predicted octanol–water partition coefficient (Wildman–Crippen LogP) is 0.273. The number of aliphatic hydroxyl groups is 1. The molecular formula is C9H14N4O2. The standard InChI is InChI=1S/C9H14N4O2/c1-8(2,14)9(7-11-12-10)5-3-4-6-13(9)15/h3-6,13-14H,7H2,1-2H3. The molecule has 0 aromatic rings. The SMILES string of the molecule is CC(C)(O)C1(CN=[N+]=[N-])C=CC=C[NH+]1[O-]. The van der Waals surface area contributed by atoms with Crippen LogP contribution in [0.15, 0.2) is 29.5 Å².